The molecule has 60 heavy (non-hydrogen) atoms. The smallest absolute Gasteiger partial charge is 0.418 e. The van der Waals surface area contributed by atoms with Crippen molar-refractivity contribution >= 4 is 51.5 Å². The lowest BCUT2D eigenvalue weighted by Gasteiger charge is -2.36. The second-order valence-corrected chi connectivity index (χ2v) is 16.7. The number of hydrogen-bond acceptors (Lipinski definition) is 10. The Balaban J connectivity index is 1.42. The summed E-state index contributed by atoms with van der Waals surface area (Å²) in [5.41, 5.74) is -3.01. The first-order valence-corrected chi connectivity index (χ1v) is 20.5. The first-order chi connectivity index (χ1) is 28.6. The molecular weight excluding hydrogens is 765 g/mol. The Morgan fingerprint density at radius 2 is 1.70 bits per heavy atom. The van der Waals surface area contributed by atoms with Crippen LogP contribution in [0.4, 0.5) is 4.79 Å². The number of allylic oxidation sites excluding steroid dienone is 1. The van der Waals surface area contributed by atoms with Gasteiger partial charge in [0.25, 0.3) is 11.8 Å². The van der Waals surface area contributed by atoms with Crippen molar-refractivity contribution in [2.45, 2.75) is 115 Å². The largest absolute Gasteiger partial charge is 0.479 e. The number of aliphatic carboxylic acids is 1. The molecule has 1 saturated carbocycles. The third-order valence-electron chi connectivity index (χ3n) is 11.5. The van der Waals surface area contributed by atoms with E-state index in [1.165, 1.54) is 23.4 Å². The Hall–Kier alpha value is -6.18. The first kappa shape index (κ1) is 43.4. The zero-order valence-corrected chi connectivity index (χ0v) is 35.0. The first-order valence-electron chi connectivity index (χ1n) is 20.5. The molecule has 5 atom stereocenters. The predicted octanol–water partition coefficient (Wildman–Crippen LogP) is 7.34. The Kier molecular flexibility index (Phi) is 12.7. The number of nitrogens with one attached hydrogen (secondary N) is 1. The molecule has 2 aliphatic rings. The molecule has 0 bridgehead atoms. The highest BCUT2D eigenvalue weighted by molar-refractivity contribution is 6.08. The van der Waals surface area contributed by atoms with Crippen LogP contribution < -0.4 is 10.1 Å². The van der Waals surface area contributed by atoms with Crippen molar-refractivity contribution < 1.29 is 38.6 Å². The van der Waals surface area contributed by atoms with Crippen molar-refractivity contribution in [1.82, 2.24) is 30.1 Å². The van der Waals surface area contributed by atoms with Gasteiger partial charge in [0.15, 0.2) is 5.54 Å². The van der Waals surface area contributed by atoms with Crippen molar-refractivity contribution in [3.05, 3.63) is 97.6 Å². The number of fused-ring (bicyclic) bond motifs is 3. The number of ether oxygens (including phenoxy) is 2. The standard InChI is InChI=1S/C46H54N6O8/c1-8-11-12-13-14-23-35(49-38(53)36-26-47-29(4)25-48-36)40(54)51-27-30(59-39-33-21-16-15-19-31(33)32-20-17-18-22-34(32)50-39)24-37(51)41(55)52(43(58)60-44(5,6)7)46(42(56)57)28-45(46,9-2)10-3/h8-9,15-22,25-26,30,35,37H,1-2,10-14,23-24,27-28H2,3-7H3,(H,49,53)(H,56,57)/t30-,35+,37+,45+,46+/m1/s1. The number of unbranched alkanes of at least 4 members (excludes halogenated alkanes) is 3. The molecule has 4 aromatic rings. The van der Waals surface area contributed by atoms with Crippen molar-refractivity contribution in [3.8, 4) is 5.88 Å². The topological polar surface area (TPSA) is 181 Å². The number of amides is 4. The number of hydrogen-bond donors (Lipinski definition) is 2. The van der Waals surface area contributed by atoms with E-state index in [1.807, 2.05) is 54.6 Å². The van der Waals surface area contributed by atoms with Gasteiger partial charge in [-0.1, -0.05) is 68.3 Å². The van der Waals surface area contributed by atoms with E-state index in [0.717, 1.165) is 30.0 Å². The summed E-state index contributed by atoms with van der Waals surface area (Å²) >= 11 is 0. The average Bonchev–Trinajstić information content (AvgIpc) is 3.72. The zero-order chi connectivity index (χ0) is 43.4. The summed E-state index contributed by atoms with van der Waals surface area (Å²) in [6.45, 7) is 15.9. The molecule has 1 saturated heterocycles. The fourth-order valence-corrected chi connectivity index (χ4v) is 8.29. The van der Waals surface area contributed by atoms with E-state index in [0.29, 0.717) is 27.9 Å². The van der Waals surface area contributed by atoms with Gasteiger partial charge in [-0.25, -0.2) is 24.5 Å². The number of carboxylic acids is 1. The molecule has 1 aliphatic heterocycles. The Morgan fingerprint density at radius 1 is 1.00 bits per heavy atom. The van der Waals surface area contributed by atoms with Crippen LogP contribution in [0.3, 0.4) is 0 Å². The number of nitrogens with zero attached hydrogens (tertiary/aromatic N) is 5. The van der Waals surface area contributed by atoms with Crippen LogP contribution in [0.25, 0.3) is 21.7 Å². The lowest BCUT2D eigenvalue weighted by Crippen LogP contribution is -2.61. The highest BCUT2D eigenvalue weighted by atomic mass is 16.6. The number of pyridine rings is 1. The molecule has 2 N–H and O–H groups in total. The number of aryl methyl sites for hydroxylation is 1. The Labute approximate surface area is 350 Å². The highest BCUT2D eigenvalue weighted by Crippen LogP contribution is 2.63. The summed E-state index contributed by atoms with van der Waals surface area (Å²) in [5, 5.41) is 16.2. The molecule has 0 radical (unpaired) electrons. The summed E-state index contributed by atoms with van der Waals surface area (Å²) in [7, 11) is 0. The summed E-state index contributed by atoms with van der Waals surface area (Å²) < 4.78 is 12.4. The second-order valence-electron chi connectivity index (χ2n) is 16.7. The van der Waals surface area contributed by atoms with Crippen LogP contribution in [-0.2, 0) is 19.1 Å². The van der Waals surface area contributed by atoms with E-state index >= 15 is 9.59 Å². The highest BCUT2D eigenvalue weighted by Gasteiger charge is 2.76. The third kappa shape index (κ3) is 8.59. The lowest BCUT2D eigenvalue weighted by molar-refractivity contribution is -0.156. The molecule has 3 heterocycles. The molecule has 4 amide bonds. The van der Waals surface area contributed by atoms with Gasteiger partial charge in [0.05, 0.1) is 24.0 Å². The average molecular weight is 819 g/mol. The predicted molar refractivity (Wildman–Crippen MR) is 226 cm³/mol. The van der Waals surface area contributed by atoms with E-state index in [1.54, 1.807) is 34.6 Å². The second kappa shape index (κ2) is 17.6. The third-order valence-corrected chi connectivity index (χ3v) is 11.5. The Morgan fingerprint density at radius 3 is 2.32 bits per heavy atom. The number of likely N-dealkylation sites (tertiary alicyclic amines) is 1. The van der Waals surface area contributed by atoms with Crippen LogP contribution in [0, 0.1) is 12.3 Å². The summed E-state index contributed by atoms with van der Waals surface area (Å²) in [6, 6.07) is 12.7. The minimum Gasteiger partial charge on any atom is -0.479 e. The zero-order valence-electron chi connectivity index (χ0n) is 35.0. The maximum Gasteiger partial charge on any atom is 0.418 e. The van der Waals surface area contributed by atoms with Crippen LogP contribution in [0.1, 0.15) is 95.2 Å². The fourth-order valence-electron chi connectivity index (χ4n) is 8.29. The van der Waals surface area contributed by atoms with E-state index in [2.05, 4.69) is 28.4 Å². The molecule has 14 nitrogen and oxygen atoms in total. The minimum absolute atomic E-state index is 0.00290. The van der Waals surface area contributed by atoms with Gasteiger partial charge in [-0.2, -0.15) is 0 Å². The van der Waals surface area contributed by atoms with E-state index in [4.69, 9.17) is 14.5 Å². The monoisotopic (exact) mass is 818 g/mol. The van der Waals surface area contributed by atoms with Crippen LogP contribution in [0.2, 0.25) is 0 Å². The maximum atomic E-state index is 15.3. The van der Waals surface area contributed by atoms with Crippen LogP contribution >= 0.6 is 0 Å². The fraction of sp³-hybridized carbons (Fsp3) is 0.435. The minimum atomic E-state index is -2.03. The number of carboxylic acid groups (broad SMARTS) is 1. The van der Waals surface area contributed by atoms with Gasteiger partial charge >= 0.3 is 12.1 Å². The molecule has 2 aromatic heterocycles. The summed E-state index contributed by atoms with van der Waals surface area (Å²) in [5.74, 6) is -3.30. The van der Waals surface area contributed by atoms with E-state index in [9.17, 15) is 19.5 Å². The van der Waals surface area contributed by atoms with Crippen LogP contribution in [0.15, 0.2) is 86.2 Å². The number of para-hydroxylation sites is 1. The number of imide groups is 1. The van der Waals surface area contributed by atoms with Crippen molar-refractivity contribution in [3.63, 3.8) is 0 Å². The number of aromatic nitrogens is 3. The molecule has 1 aliphatic carbocycles. The quantitative estimate of drug-likeness (QED) is 0.0656. The lowest BCUT2D eigenvalue weighted by atomic mass is 9.94. The summed E-state index contributed by atoms with van der Waals surface area (Å²) in [6.07, 6.45) is 7.19. The molecule has 0 unspecified atom stereocenters. The molecule has 0 spiro atoms. The number of carbonyl (C=O) groups excluding carboxylic acids is 4. The maximum absolute atomic E-state index is 15.3. The summed E-state index contributed by atoms with van der Waals surface area (Å²) in [4.78, 5) is 86.7. The van der Waals surface area contributed by atoms with Gasteiger partial charge in [-0.15, -0.1) is 13.2 Å². The van der Waals surface area contributed by atoms with E-state index < -0.39 is 64.5 Å². The van der Waals surface area contributed by atoms with Crippen molar-refractivity contribution in [2.75, 3.05) is 6.54 Å². The Bertz CT molecular complexity index is 2310. The molecule has 2 fully saturated rings. The van der Waals surface area contributed by atoms with Gasteiger partial charge < -0.3 is 24.8 Å². The van der Waals surface area contributed by atoms with Crippen LogP contribution in [0.5, 0.6) is 5.88 Å². The van der Waals surface area contributed by atoms with E-state index in [-0.39, 0.29) is 43.8 Å². The number of carbonyl (C=O) groups is 5. The number of benzene rings is 2. The van der Waals surface area contributed by atoms with Crippen LogP contribution in [-0.4, -0.2) is 95.5 Å². The molecule has 316 valence electrons. The number of rotatable bonds is 16. The van der Waals surface area contributed by atoms with Crippen molar-refractivity contribution in [2.24, 2.45) is 5.41 Å². The van der Waals surface area contributed by atoms with Gasteiger partial charge in [0, 0.05) is 28.8 Å². The van der Waals surface area contributed by atoms with Gasteiger partial charge in [0.2, 0.25) is 11.8 Å². The SMILES string of the molecule is C=CCCCCC[C@H](NC(=O)c1cnc(C)cn1)C(=O)N1C[C@H](Oc2nc3ccccc3c3ccccc23)C[C@H]1C(=O)N(C(=O)OC(C)(C)C)[C@]1(C(=O)O)C[C@]1(C=C)CC. The van der Waals surface area contributed by atoms with Crippen molar-refractivity contribution in [1.29, 1.82) is 0 Å². The normalized spacial score (nSPS) is 21.5. The molecular formula is C46H54N6O8. The molecule has 14 heteroatoms. The van der Waals surface area contributed by atoms with Gasteiger partial charge in [-0.3, -0.25) is 19.4 Å². The van der Waals surface area contributed by atoms with Gasteiger partial charge in [0.1, 0.15) is 29.5 Å². The van der Waals surface area contributed by atoms with Gasteiger partial charge in [-0.05, 0) is 77.3 Å². The molecule has 6 rings (SSSR count). The molecule has 2 aromatic carbocycles.